The molecule has 2 aliphatic rings. The molecule has 9 heteroatoms. The van der Waals surface area contributed by atoms with E-state index in [1.807, 2.05) is 13.0 Å². The lowest BCUT2D eigenvalue weighted by Gasteiger charge is -2.39. The molecule has 3 heterocycles. The van der Waals surface area contributed by atoms with Gasteiger partial charge < -0.3 is 20.1 Å². The molecule has 1 atom stereocenters. The Labute approximate surface area is 146 Å². The molecule has 1 aromatic rings. The van der Waals surface area contributed by atoms with Gasteiger partial charge in [0.05, 0.1) is 12.2 Å². The van der Waals surface area contributed by atoms with Gasteiger partial charge >= 0.3 is 6.03 Å². The lowest BCUT2D eigenvalue weighted by atomic mass is 9.79. The summed E-state index contributed by atoms with van der Waals surface area (Å²) in [6.07, 6.45) is 1.60. The number of imide groups is 1. The van der Waals surface area contributed by atoms with Gasteiger partial charge in [-0.15, -0.1) is 0 Å². The maximum Gasteiger partial charge on any atom is 0.322 e. The molecule has 1 aromatic heterocycles. The second-order valence-corrected chi connectivity index (χ2v) is 6.71. The van der Waals surface area contributed by atoms with Gasteiger partial charge in [-0.1, -0.05) is 5.16 Å². The van der Waals surface area contributed by atoms with Crippen molar-refractivity contribution < 1.29 is 14.1 Å². The maximum absolute atomic E-state index is 12.1. The number of nitrogens with one attached hydrogen (secondary N) is 3. The third-order valence-corrected chi connectivity index (χ3v) is 4.99. The zero-order valence-electron chi connectivity index (χ0n) is 14.8. The van der Waals surface area contributed by atoms with Gasteiger partial charge in [-0.3, -0.25) is 15.1 Å². The van der Waals surface area contributed by atoms with Crippen molar-refractivity contribution in [3.8, 4) is 0 Å². The number of aromatic nitrogens is 1. The number of urea groups is 1. The average molecular weight is 348 g/mol. The molecule has 25 heavy (non-hydrogen) atoms. The number of hydrogen-bond acceptors (Lipinski definition) is 5. The molecule has 3 rings (SSSR count). The van der Waals surface area contributed by atoms with Crippen LogP contribution < -0.4 is 16.0 Å². The fourth-order valence-electron chi connectivity index (χ4n) is 3.51. The lowest BCUT2D eigenvalue weighted by molar-refractivity contribution is -0.125. The zero-order valence-corrected chi connectivity index (χ0v) is 14.8. The first-order valence-electron chi connectivity index (χ1n) is 8.44. The Kier molecular flexibility index (Phi) is 4.65. The first-order valence-corrected chi connectivity index (χ1v) is 8.44. The predicted octanol–water partition coefficient (Wildman–Crippen LogP) is 0.369. The van der Waals surface area contributed by atoms with Crippen LogP contribution in [0.25, 0.3) is 0 Å². The maximum atomic E-state index is 12.1. The Morgan fingerprint density at radius 1 is 1.48 bits per heavy atom. The summed E-state index contributed by atoms with van der Waals surface area (Å²) < 4.78 is 5.20. The fourth-order valence-corrected chi connectivity index (χ4v) is 3.51. The minimum Gasteiger partial charge on any atom is -0.359 e. The Morgan fingerprint density at radius 2 is 2.20 bits per heavy atom. The first kappa shape index (κ1) is 17.2. The summed E-state index contributed by atoms with van der Waals surface area (Å²) in [5.74, 6) is 1.41. The van der Waals surface area contributed by atoms with Gasteiger partial charge in [0.25, 0.3) is 5.91 Å². The monoisotopic (exact) mass is 348 g/mol. The van der Waals surface area contributed by atoms with Gasteiger partial charge in [-0.25, -0.2) is 4.79 Å². The van der Waals surface area contributed by atoms with Crippen LogP contribution in [0.15, 0.2) is 15.6 Å². The number of amides is 3. The molecule has 0 radical (unpaired) electrons. The van der Waals surface area contributed by atoms with E-state index in [2.05, 4.69) is 31.0 Å². The summed E-state index contributed by atoms with van der Waals surface area (Å²) in [6, 6.07) is 1.48. The normalized spacial score (nSPS) is 25.1. The summed E-state index contributed by atoms with van der Waals surface area (Å²) >= 11 is 0. The molecule has 9 nitrogen and oxygen atoms in total. The Balaban J connectivity index is 1.55. The molecule has 0 spiro atoms. The molecular weight excluding hydrogens is 324 g/mol. The van der Waals surface area contributed by atoms with Crippen LogP contribution in [0, 0.1) is 12.8 Å². The van der Waals surface area contributed by atoms with Gasteiger partial charge in [0.1, 0.15) is 5.54 Å². The quantitative estimate of drug-likeness (QED) is 0.413. The first-order chi connectivity index (χ1) is 11.9. The highest BCUT2D eigenvalue weighted by Crippen LogP contribution is 2.30. The lowest BCUT2D eigenvalue weighted by Crippen LogP contribution is -2.55. The van der Waals surface area contributed by atoms with Crippen LogP contribution in [0.3, 0.4) is 0 Å². The summed E-state index contributed by atoms with van der Waals surface area (Å²) in [4.78, 5) is 30.0. The minimum atomic E-state index is -0.822. The van der Waals surface area contributed by atoms with Crippen molar-refractivity contribution in [3.63, 3.8) is 0 Å². The second kappa shape index (κ2) is 6.73. The Morgan fingerprint density at radius 3 is 2.72 bits per heavy atom. The SMILES string of the molecule is CN=C(NCc1cc(C)no1)N1CCC(C2(C)NC(=O)NC2=O)CC1. The third-order valence-electron chi connectivity index (χ3n) is 4.99. The van der Waals surface area contributed by atoms with E-state index in [9.17, 15) is 9.59 Å². The van der Waals surface area contributed by atoms with Gasteiger partial charge in [-0.05, 0) is 32.6 Å². The van der Waals surface area contributed by atoms with E-state index >= 15 is 0 Å². The molecule has 136 valence electrons. The zero-order chi connectivity index (χ0) is 18.0. The van der Waals surface area contributed by atoms with Crippen molar-refractivity contribution in [3.05, 3.63) is 17.5 Å². The number of aryl methyl sites for hydroxylation is 1. The summed E-state index contributed by atoms with van der Waals surface area (Å²) in [7, 11) is 1.74. The van der Waals surface area contributed by atoms with Crippen molar-refractivity contribution in [1.82, 2.24) is 26.0 Å². The number of guanidine groups is 1. The van der Waals surface area contributed by atoms with Crippen LogP contribution >= 0.6 is 0 Å². The van der Waals surface area contributed by atoms with E-state index < -0.39 is 11.6 Å². The standard InChI is InChI=1S/C16H24N6O3/c1-10-8-12(25-21-10)9-18-14(17-3)22-6-4-11(5-7-22)16(2)13(23)19-15(24)20-16/h8,11H,4-7,9H2,1-3H3,(H,17,18)(H2,19,20,23,24). The Hall–Kier alpha value is -2.58. The summed E-state index contributed by atoms with van der Waals surface area (Å²) in [5.41, 5.74) is 0.0232. The van der Waals surface area contributed by atoms with Crippen LogP contribution in [-0.2, 0) is 11.3 Å². The molecule has 3 N–H and O–H groups in total. The van der Waals surface area contributed by atoms with Crippen LogP contribution in [0.2, 0.25) is 0 Å². The molecule has 0 aliphatic carbocycles. The molecule has 0 saturated carbocycles. The smallest absolute Gasteiger partial charge is 0.322 e. The number of likely N-dealkylation sites (tertiary alicyclic amines) is 1. The number of carbonyl (C=O) groups is 2. The van der Waals surface area contributed by atoms with Gasteiger partial charge in [-0.2, -0.15) is 0 Å². The van der Waals surface area contributed by atoms with Gasteiger partial charge in [0, 0.05) is 26.2 Å². The highest BCUT2D eigenvalue weighted by atomic mass is 16.5. The van der Waals surface area contributed by atoms with Crippen molar-refractivity contribution in [2.24, 2.45) is 10.9 Å². The number of piperidine rings is 1. The van der Waals surface area contributed by atoms with E-state index in [1.54, 1.807) is 14.0 Å². The van der Waals surface area contributed by atoms with E-state index in [0.717, 1.165) is 43.3 Å². The largest absolute Gasteiger partial charge is 0.359 e. The Bertz CT molecular complexity index is 692. The van der Waals surface area contributed by atoms with Crippen LogP contribution in [0.1, 0.15) is 31.2 Å². The van der Waals surface area contributed by atoms with Crippen LogP contribution in [0.4, 0.5) is 4.79 Å². The molecule has 3 amide bonds. The molecule has 0 bridgehead atoms. The number of aliphatic imine (C=N–C) groups is 1. The van der Waals surface area contributed by atoms with E-state index in [4.69, 9.17) is 4.52 Å². The third kappa shape index (κ3) is 3.45. The minimum absolute atomic E-state index is 0.102. The highest BCUT2D eigenvalue weighted by Gasteiger charge is 2.48. The summed E-state index contributed by atoms with van der Waals surface area (Å²) in [6.45, 7) is 5.72. The van der Waals surface area contributed by atoms with Crippen LogP contribution in [-0.4, -0.2) is 53.6 Å². The highest BCUT2D eigenvalue weighted by molar-refractivity contribution is 6.07. The number of hydrogen-bond donors (Lipinski definition) is 3. The van der Waals surface area contributed by atoms with Crippen molar-refractivity contribution >= 4 is 17.9 Å². The van der Waals surface area contributed by atoms with Crippen molar-refractivity contribution in [1.29, 1.82) is 0 Å². The molecular formula is C16H24N6O3. The summed E-state index contributed by atoms with van der Waals surface area (Å²) in [5, 5.41) is 12.2. The van der Waals surface area contributed by atoms with Crippen LogP contribution in [0.5, 0.6) is 0 Å². The molecule has 2 aliphatic heterocycles. The van der Waals surface area contributed by atoms with Gasteiger partial charge in [0.15, 0.2) is 11.7 Å². The van der Waals surface area contributed by atoms with E-state index in [1.165, 1.54) is 0 Å². The molecule has 0 aromatic carbocycles. The van der Waals surface area contributed by atoms with E-state index in [-0.39, 0.29) is 11.8 Å². The number of carbonyl (C=O) groups excluding carboxylic acids is 2. The topological polar surface area (TPSA) is 112 Å². The fraction of sp³-hybridized carbons (Fsp3) is 0.625. The average Bonchev–Trinajstić information content (AvgIpc) is 3.12. The van der Waals surface area contributed by atoms with Crippen molar-refractivity contribution in [2.45, 2.75) is 38.8 Å². The molecule has 2 saturated heterocycles. The van der Waals surface area contributed by atoms with Gasteiger partial charge in [0.2, 0.25) is 0 Å². The molecule has 1 unspecified atom stereocenters. The van der Waals surface area contributed by atoms with E-state index in [0.29, 0.717) is 6.54 Å². The number of rotatable bonds is 3. The second-order valence-electron chi connectivity index (χ2n) is 6.71. The number of nitrogens with zero attached hydrogens (tertiary/aromatic N) is 3. The predicted molar refractivity (Wildman–Crippen MR) is 90.8 cm³/mol. The molecule has 2 fully saturated rings. The van der Waals surface area contributed by atoms with Crippen molar-refractivity contribution in [2.75, 3.05) is 20.1 Å².